The number of thiazole rings is 1. The Morgan fingerprint density at radius 1 is 1.25 bits per heavy atom. The van der Waals surface area contributed by atoms with Crippen molar-refractivity contribution in [3.05, 3.63) is 40.4 Å². The van der Waals surface area contributed by atoms with Gasteiger partial charge in [0.15, 0.2) is 5.13 Å². The van der Waals surface area contributed by atoms with E-state index in [0.29, 0.717) is 18.2 Å². The van der Waals surface area contributed by atoms with E-state index in [1.165, 1.54) is 18.3 Å². The lowest BCUT2D eigenvalue weighted by atomic mass is 10.2. The molecule has 1 aliphatic heterocycles. The molecule has 24 heavy (non-hydrogen) atoms. The monoisotopic (exact) mass is 344 g/mol. The van der Waals surface area contributed by atoms with Gasteiger partial charge in [-0.05, 0) is 19.1 Å². The Morgan fingerprint density at radius 3 is 2.71 bits per heavy atom. The molecule has 0 atom stereocenters. The smallest absolute Gasteiger partial charge is 0.238 e. The number of rotatable bonds is 4. The molecule has 0 saturated carbocycles. The van der Waals surface area contributed by atoms with Crippen LogP contribution in [0, 0.1) is 6.92 Å². The standard InChI is InChI=1S/C17H20N4O2S/c1-11-3-5-13(6-4-11)19-16(23)10-21-8-7-14-15(9-21)24-17(20-14)18-12(2)22/h3-6H,7-10H2,1-2H3,(H,19,23)(H,18,20,22). The third-order valence-corrected chi connectivity index (χ3v) is 4.79. The van der Waals surface area contributed by atoms with E-state index in [-0.39, 0.29) is 11.8 Å². The highest BCUT2D eigenvalue weighted by molar-refractivity contribution is 7.15. The minimum atomic E-state index is -0.115. The molecule has 1 aromatic heterocycles. The first kappa shape index (κ1) is 16.6. The lowest BCUT2D eigenvalue weighted by Gasteiger charge is -2.25. The van der Waals surface area contributed by atoms with Crippen molar-refractivity contribution >= 4 is 34.0 Å². The number of amides is 2. The molecular formula is C17H20N4O2S. The van der Waals surface area contributed by atoms with Crippen molar-refractivity contribution < 1.29 is 9.59 Å². The molecule has 0 radical (unpaired) electrons. The lowest BCUT2D eigenvalue weighted by Crippen LogP contribution is -2.36. The van der Waals surface area contributed by atoms with Crippen molar-refractivity contribution in [3.63, 3.8) is 0 Å². The van der Waals surface area contributed by atoms with E-state index >= 15 is 0 Å². The summed E-state index contributed by atoms with van der Waals surface area (Å²) in [6, 6.07) is 7.77. The molecule has 0 unspecified atom stereocenters. The molecule has 0 saturated heterocycles. The van der Waals surface area contributed by atoms with Crippen LogP contribution >= 0.6 is 11.3 Å². The quantitative estimate of drug-likeness (QED) is 0.893. The zero-order chi connectivity index (χ0) is 17.1. The highest BCUT2D eigenvalue weighted by Gasteiger charge is 2.22. The number of aryl methyl sites for hydroxylation is 1. The van der Waals surface area contributed by atoms with Gasteiger partial charge in [0, 0.05) is 37.0 Å². The van der Waals surface area contributed by atoms with Gasteiger partial charge >= 0.3 is 0 Å². The van der Waals surface area contributed by atoms with Gasteiger partial charge in [-0.3, -0.25) is 14.5 Å². The largest absolute Gasteiger partial charge is 0.325 e. The van der Waals surface area contributed by atoms with Gasteiger partial charge in [0.25, 0.3) is 0 Å². The molecule has 2 aromatic rings. The average molecular weight is 344 g/mol. The Bertz CT molecular complexity index is 754. The number of nitrogens with zero attached hydrogens (tertiary/aromatic N) is 2. The molecule has 0 aliphatic carbocycles. The van der Waals surface area contributed by atoms with Gasteiger partial charge in [0.1, 0.15) is 0 Å². The summed E-state index contributed by atoms with van der Waals surface area (Å²) in [5, 5.41) is 6.28. The van der Waals surface area contributed by atoms with Crippen LogP contribution < -0.4 is 10.6 Å². The molecule has 6 nitrogen and oxygen atoms in total. The Hall–Kier alpha value is -2.25. The second-order valence-corrected chi connectivity index (χ2v) is 7.03. The molecule has 2 heterocycles. The van der Waals surface area contributed by atoms with Crippen LogP contribution in [0.1, 0.15) is 23.1 Å². The predicted molar refractivity (Wildman–Crippen MR) is 95.2 cm³/mol. The molecule has 1 aliphatic rings. The third-order valence-electron chi connectivity index (χ3n) is 3.80. The van der Waals surface area contributed by atoms with Crippen LogP contribution in [-0.2, 0) is 22.6 Å². The summed E-state index contributed by atoms with van der Waals surface area (Å²) in [5.41, 5.74) is 3.00. The minimum absolute atomic E-state index is 0.0195. The first-order valence-corrected chi connectivity index (χ1v) is 8.66. The van der Waals surface area contributed by atoms with Crippen molar-refractivity contribution in [1.82, 2.24) is 9.88 Å². The van der Waals surface area contributed by atoms with E-state index < -0.39 is 0 Å². The Kier molecular flexibility index (Phi) is 4.92. The number of aromatic nitrogens is 1. The maximum absolute atomic E-state index is 12.2. The van der Waals surface area contributed by atoms with E-state index in [2.05, 4.69) is 20.5 Å². The molecule has 2 amide bonds. The van der Waals surface area contributed by atoms with Crippen molar-refractivity contribution in [2.75, 3.05) is 23.7 Å². The van der Waals surface area contributed by atoms with Crippen molar-refractivity contribution in [2.24, 2.45) is 0 Å². The molecule has 0 spiro atoms. The van der Waals surface area contributed by atoms with E-state index in [1.54, 1.807) is 0 Å². The van der Waals surface area contributed by atoms with Gasteiger partial charge in [-0.15, -0.1) is 11.3 Å². The fourth-order valence-corrected chi connectivity index (χ4v) is 3.72. The number of hydrogen-bond acceptors (Lipinski definition) is 5. The fraction of sp³-hybridized carbons (Fsp3) is 0.353. The van der Waals surface area contributed by atoms with Crippen LogP contribution in [0.2, 0.25) is 0 Å². The van der Waals surface area contributed by atoms with Crippen LogP contribution in [0.5, 0.6) is 0 Å². The van der Waals surface area contributed by atoms with Gasteiger partial charge in [0.05, 0.1) is 12.2 Å². The van der Waals surface area contributed by atoms with Crippen LogP contribution in [0.3, 0.4) is 0 Å². The number of nitrogens with one attached hydrogen (secondary N) is 2. The number of carbonyl (C=O) groups is 2. The average Bonchev–Trinajstić information content (AvgIpc) is 2.90. The number of hydrogen-bond donors (Lipinski definition) is 2. The van der Waals surface area contributed by atoms with E-state index in [1.807, 2.05) is 31.2 Å². The van der Waals surface area contributed by atoms with Crippen LogP contribution in [0.25, 0.3) is 0 Å². The van der Waals surface area contributed by atoms with E-state index in [9.17, 15) is 9.59 Å². The predicted octanol–water partition coefficient (Wildman–Crippen LogP) is 2.41. The zero-order valence-electron chi connectivity index (χ0n) is 13.8. The summed E-state index contributed by atoms with van der Waals surface area (Å²) < 4.78 is 0. The fourth-order valence-electron chi connectivity index (χ4n) is 2.63. The number of fused-ring (bicyclic) bond motifs is 1. The number of benzene rings is 1. The van der Waals surface area contributed by atoms with Gasteiger partial charge in [0.2, 0.25) is 11.8 Å². The molecule has 7 heteroatoms. The van der Waals surface area contributed by atoms with E-state index in [0.717, 1.165) is 34.8 Å². The highest BCUT2D eigenvalue weighted by atomic mass is 32.1. The Balaban J connectivity index is 1.57. The topological polar surface area (TPSA) is 74.3 Å². The Labute approximate surface area is 144 Å². The molecule has 2 N–H and O–H groups in total. The SMILES string of the molecule is CC(=O)Nc1nc2c(s1)CN(CC(=O)Nc1ccc(C)cc1)CC2. The maximum Gasteiger partial charge on any atom is 0.238 e. The van der Waals surface area contributed by atoms with Crippen LogP contribution in [0.15, 0.2) is 24.3 Å². The zero-order valence-corrected chi connectivity index (χ0v) is 14.6. The van der Waals surface area contributed by atoms with Crippen molar-refractivity contribution in [1.29, 1.82) is 0 Å². The maximum atomic E-state index is 12.2. The first-order valence-electron chi connectivity index (χ1n) is 7.84. The van der Waals surface area contributed by atoms with Crippen molar-refractivity contribution in [3.8, 4) is 0 Å². The summed E-state index contributed by atoms with van der Waals surface area (Å²) in [7, 11) is 0. The molecule has 1 aromatic carbocycles. The lowest BCUT2D eigenvalue weighted by molar-refractivity contribution is -0.117. The third kappa shape index (κ3) is 4.18. The number of carbonyl (C=O) groups excluding carboxylic acids is 2. The molecule has 126 valence electrons. The highest BCUT2D eigenvalue weighted by Crippen LogP contribution is 2.28. The molecular weight excluding hydrogens is 324 g/mol. The summed E-state index contributed by atoms with van der Waals surface area (Å²) in [6.45, 7) is 5.31. The summed E-state index contributed by atoms with van der Waals surface area (Å²) in [6.07, 6.45) is 0.795. The molecule has 0 bridgehead atoms. The van der Waals surface area contributed by atoms with E-state index in [4.69, 9.17) is 0 Å². The summed E-state index contributed by atoms with van der Waals surface area (Å²) >= 11 is 1.48. The molecule has 3 rings (SSSR count). The number of anilines is 2. The first-order chi connectivity index (χ1) is 11.5. The van der Waals surface area contributed by atoms with Gasteiger partial charge in [-0.1, -0.05) is 17.7 Å². The second kappa shape index (κ2) is 7.11. The second-order valence-electron chi connectivity index (χ2n) is 5.94. The van der Waals surface area contributed by atoms with Gasteiger partial charge in [-0.25, -0.2) is 4.98 Å². The van der Waals surface area contributed by atoms with Crippen molar-refractivity contribution in [2.45, 2.75) is 26.8 Å². The normalized spacial score (nSPS) is 14.1. The minimum Gasteiger partial charge on any atom is -0.325 e. The van der Waals surface area contributed by atoms with Gasteiger partial charge < -0.3 is 10.6 Å². The molecule has 0 fully saturated rings. The summed E-state index contributed by atoms with van der Waals surface area (Å²) in [4.78, 5) is 31.0. The van der Waals surface area contributed by atoms with Crippen LogP contribution in [-0.4, -0.2) is 34.8 Å². The van der Waals surface area contributed by atoms with Gasteiger partial charge in [-0.2, -0.15) is 0 Å². The van der Waals surface area contributed by atoms with Crippen LogP contribution in [0.4, 0.5) is 10.8 Å². The Morgan fingerprint density at radius 2 is 2.00 bits per heavy atom. The summed E-state index contributed by atoms with van der Waals surface area (Å²) in [5.74, 6) is -0.135.